The number of fused-ring (bicyclic) bond motifs is 3. The van der Waals surface area contributed by atoms with Crippen LogP contribution in [0.3, 0.4) is 0 Å². The molecule has 5 nitrogen and oxygen atoms in total. The Morgan fingerprint density at radius 1 is 0.917 bits per heavy atom. The zero-order valence-electron chi connectivity index (χ0n) is 21.5. The normalized spacial score (nSPS) is 15.8. The minimum absolute atomic E-state index is 0.194. The second-order valence-electron chi connectivity index (χ2n) is 10.4. The lowest BCUT2D eigenvalue weighted by molar-refractivity contribution is 0.0553. The van der Waals surface area contributed by atoms with Crippen molar-refractivity contribution in [3.05, 3.63) is 83.4 Å². The Bertz CT molecular complexity index is 1500. The second-order valence-corrected chi connectivity index (χ2v) is 10.4. The first-order valence-corrected chi connectivity index (χ1v) is 13.0. The average molecular weight is 480 g/mol. The third kappa shape index (κ3) is 3.82. The average Bonchev–Trinajstić information content (AvgIpc) is 3.41. The van der Waals surface area contributed by atoms with Gasteiger partial charge in [0.15, 0.2) is 0 Å². The molecule has 184 valence electrons. The van der Waals surface area contributed by atoms with E-state index in [1.165, 1.54) is 27.5 Å². The van der Waals surface area contributed by atoms with Crippen LogP contribution in [0.5, 0.6) is 0 Å². The van der Waals surface area contributed by atoms with Crippen LogP contribution in [0.4, 0.5) is 0 Å². The molecule has 1 aliphatic heterocycles. The molecule has 0 N–H and O–H groups in total. The lowest BCUT2D eigenvalue weighted by Crippen LogP contribution is -2.26. The molecular weight excluding hydrogens is 446 g/mol. The molecule has 2 aromatic carbocycles. The van der Waals surface area contributed by atoms with E-state index < -0.39 is 0 Å². The van der Waals surface area contributed by atoms with E-state index >= 15 is 0 Å². The molecule has 1 saturated heterocycles. The standard InChI is InChI=1S/C31H33N3O2/c1-19(2)25-17-28-30(32-18-25)26-11-10-24(29-20(3)33-36-21(29)4)16-27(26)34(28)31(22-8-6-5-7-9-22)23-12-14-35-15-13-23/h5-11,16-19,23,31H,12-15H2,1-4H3. The minimum atomic E-state index is 0.194. The van der Waals surface area contributed by atoms with Crippen LogP contribution >= 0.6 is 0 Å². The molecule has 1 atom stereocenters. The SMILES string of the molecule is Cc1noc(C)c1-c1ccc2c3ncc(C(C)C)cc3n(C(c3ccccc3)C3CCOCC3)c2c1. The Labute approximate surface area is 212 Å². The van der Waals surface area contributed by atoms with Crippen molar-refractivity contribution in [3.8, 4) is 11.1 Å². The molecule has 3 aromatic heterocycles. The highest BCUT2D eigenvalue weighted by Gasteiger charge is 2.30. The highest BCUT2D eigenvalue weighted by Crippen LogP contribution is 2.42. The van der Waals surface area contributed by atoms with Crippen molar-refractivity contribution < 1.29 is 9.26 Å². The van der Waals surface area contributed by atoms with E-state index in [2.05, 4.69) is 78.2 Å². The van der Waals surface area contributed by atoms with E-state index in [4.69, 9.17) is 14.2 Å². The van der Waals surface area contributed by atoms with E-state index in [0.29, 0.717) is 11.8 Å². The first-order chi connectivity index (χ1) is 17.5. The van der Waals surface area contributed by atoms with E-state index in [1.54, 1.807) is 0 Å². The minimum Gasteiger partial charge on any atom is -0.381 e. The summed E-state index contributed by atoms with van der Waals surface area (Å²) in [5.74, 6) is 1.73. The van der Waals surface area contributed by atoms with Crippen molar-refractivity contribution in [2.75, 3.05) is 13.2 Å². The van der Waals surface area contributed by atoms with E-state index in [9.17, 15) is 0 Å². The van der Waals surface area contributed by atoms with Gasteiger partial charge in [0.2, 0.25) is 0 Å². The molecule has 0 radical (unpaired) electrons. The molecule has 1 aliphatic rings. The van der Waals surface area contributed by atoms with E-state index in [0.717, 1.165) is 54.2 Å². The second kappa shape index (κ2) is 9.21. The highest BCUT2D eigenvalue weighted by molar-refractivity contribution is 6.07. The molecule has 1 unspecified atom stereocenters. The lowest BCUT2D eigenvalue weighted by atomic mass is 9.86. The van der Waals surface area contributed by atoms with E-state index in [-0.39, 0.29) is 6.04 Å². The summed E-state index contributed by atoms with van der Waals surface area (Å²) in [4.78, 5) is 5.02. The molecule has 0 saturated carbocycles. The van der Waals surface area contributed by atoms with Crippen molar-refractivity contribution in [2.24, 2.45) is 5.92 Å². The van der Waals surface area contributed by atoms with Gasteiger partial charge in [0.25, 0.3) is 0 Å². The van der Waals surface area contributed by atoms with Crippen LogP contribution in [-0.2, 0) is 4.74 Å². The summed E-state index contributed by atoms with van der Waals surface area (Å²) >= 11 is 0. The molecule has 5 heteroatoms. The van der Waals surface area contributed by atoms with Gasteiger partial charge in [-0.1, -0.05) is 61.5 Å². The number of pyridine rings is 1. The van der Waals surface area contributed by atoms with Gasteiger partial charge in [0.1, 0.15) is 5.76 Å². The molecular formula is C31H33N3O2. The maximum Gasteiger partial charge on any atom is 0.141 e. The van der Waals surface area contributed by atoms with Gasteiger partial charge >= 0.3 is 0 Å². The number of nitrogens with zero attached hydrogens (tertiary/aromatic N) is 3. The molecule has 4 heterocycles. The molecule has 36 heavy (non-hydrogen) atoms. The van der Waals surface area contributed by atoms with Crippen molar-refractivity contribution >= 4 is 21.9 Å². The quantitative estimate of drug-likeness (QED) is 0.260. The van der Waals surface area contributed by atoms with Crippen molar-refractivity contribution in [1.82, 2.24) is 14.7 Å². The fourth-order valence-electron chi connectivity index (χ4n) is 5.90. The number of hydrogen-bond acceptors (Lipinski definition) is 4. The molecule has 0 bridgehead atoms. The largest absolute Gasteiger partial charge is 0.381 e. The lowest BCUT2D eigenvalue weighted by Gasteiger charge is -2.33. The predicted octanol–water partition coefficient (Wildman–Crippen LogP) is 7.60. The number of hydrogen-bond donors (Lipinski definition) is 0. The van der Waals surface area contributed by atoms with Crippen LogP contribution in [0.2, 0.25) is 0 Å². The van der Waals surface area contributed by atoms with Crippen LogP contribution in [0.15, 0.2) is 65.3 Å². The number of ether oxygens (including phenoxy) is 1. The van der Waals surface area contributed by atoms with Gasteiger partial charge in [-0.25, -0.2) is 0 Å². The van der Waals surface area contributed by atoms with Crippen molar-refractivity contribution in [2.45, 2.75) is 52.5 Å². The molecule has 0 amide bonds. The van der Waals surface area contributed by atoms with Crippen LogP contribution in [0.1, 0.15) is 61.2 Å². The zero-order valence-corrected chi connectivity index (χ0v) is 21.5. The third-order valence-electron chi connectivity index (χ3n) is 7.78. The van der Waals surface area contributed by atoms with Gasteiger partial charge in [-0.15, -0.1) is 0 Å². The van der Waals surface area contributed by atoms with E-state index in [1.807, 2.05) is 20.0 Å². The summed E-state index contributed by atoms with van der Waals surface area (Å²) in [6.07, 6.45) is 4.13. The molecule has 0 aliphatic carbocycles. The first kappa shape index (κ1) is 23.0. The van der Waals surface area contributed by atoms with Gasteiger partial charge in [-0.05, 0) is 67.3 Å². The van der Waals surface area contributed by atoms with Crippen molar-refractivity contribution in [1.29, 1.82) is 0 Å². The maximum atomic E-state index is 5.78. The van der Waals surface area contributed by atoms with Gasteiger partial charge in [0.05, 0.1) is 28.3 Å². The fourth-order valence-corrected chi connectivity index (χ4v) is 5.90. The Morgan fingerprint density at radius 2 is 1.69 bits per heavy atom. The summed E-state index contributed by atoms with van der Waals surface area (Å²) in [6, 6.07) is 20.2. The topological polar surface area (TPSA) is 53.1 Å². The predicted molar refractivity (Wildman–Crippen MR) is 144 cm³/mol. The first-order valence-electron chi connectivity index (χ1n) is 13.0. The fraction of sp³-hybridized carbons (Fsp3) is 0.355. The highest BCUT2D eigenvalue weighted by atomic mass is 16.5. The number of benzene rings is 2. The number of aromatic nitrogens is 3. The smallest absolute Gasteiger partial charge is 0.141 e. The van der Waals surface area contributed by atoms with Gasteiger partial charge in [-0.3, -0.25) is 4.98 Å². The molecule has 5 aromatic rings. The zero-order chi connectivity index (χ0) is 24.8. The Morgan fingerprint density at radius 3 is 2.39 bits per heavy atom. The van der Waals surface area contributed by atoms with Crippen LogP contribution < -0.4 is 0 Å². The van der Waals surface area contributed by atoms with Gasteiger partial charge in [-0.2, -0.15) is 0 Å². The molecule has 1 fully saturated rings. The Balaban J connectivity index is 1.68. The number of aryl methyl sites for hydroxylation is 2. The summed E-state index contributed by atoms with van der Waals surface area (Å²) in [5, 5.41) is 5.40. The van der Waals surface area contributed by atoms with Crippen LogP contribution in [0.25, 0.3) is 33.1 Å². The molecule has 0 spiro atoms. The summed E-state index contributed by atoms with van der Waals surface area (Å²) in [7, 11) is 0. The Hall–Kier alpha value is -3.44. The monoisotopic (exact) mass is 479 g/mol. The molecule has 6 rings (SSSR count). The van der Waals surface area contributed by atoms with Crippen LogP contribution in [-0.4, -0.2) is 27.9 Å². The number of rotatable bonds is 5. The summed E-state index contributed by atoms with van der Waals surface area (Å²) in [6.45, 7) is 10.1. The van der Waals surface area contributed by atoms with Crippen LogP contribution in [0, 0.1) is 19.8 Å². The summed E-state index contributed by atoms with van der Waals surface area (Å²) in [5.41, 5.74) is 9.19. The third-order valence-corrected chi connectivity index (χ3v) is 7.78. The van der Waals surface area contributed by atoms with Gasteiger partial charge in [0, 0.05) is 30.4 Å². The maximum absolute atomic E-state index is 5.78. The Kier molecular flexibility index (Phi) is 5.88. The van der Waals surface area contributed by atoms with Crippen molar-refractivity contribution in [3.63, 3.8) is 0 Å². The van der Waals surface area contributed by atoms with Gasteiger partial charge < -0.3 is 13.8 Å². The summed E-state index contributed by atoms with van der Waals surface area (Å²) < 4.78 is 13.9.